The van der Waals surface area contributed by atoms with Gasteiger partial charge in [-0.3, -0.25) is 14.5 Å². The van der Waals surface area contributed by atoms with Crippen LogP contribution >= 0.6 is 23.4 Å². The Morgan fingerprint density at radius 3 is 2.74 bits per heavy atom. The molecule has 6 heteroatoms. The Morgan fingerprint density at radius 2 is 1.96 bits per heavy atom. The second kappa shape index (κ2) is 8.93. The van der Waals surface area contributed by atoms with Crippen LogP contribution in [0.25, 0.3) is 6.08 Å². The van der Waals surface area contributed by atoms with Crippen LogP contribution in [0.2, 0.25) is 5.02 Å². The third-order valence-electron chi connectivity index (χ3n) is 3.88. The Morgan fingerprint density at radius 1 is 1.15 bits per heavy atom. The minimum absolute atomic E-state index is 0.212. The van der Waals surface area contributed by atoms with Crippen LogP contribution < -0.4 is 4.74 Å². The predicted octanol–water partition coefficient (Wildman–Crippen LogP) is 5.32. The molecule has 2 aromatic rings. The van der Waals surface area contributed by atoms with Crippen molar-refractivity contribution in [3.63, 3.8) is 0 Å². The van der Waals surface area contributed by atoms with E-state index in [2.05, 4.69) is 0 Å². The normalized spacial score (nSPS) is 15.9. The van der Waals surface area contributed by atoms with Crippen LogP contribution in [0.5, 0.6) is 5.75 Å². The molecule has 4 nitrogen and oxygen atoms in total. The summed E-state index contributed by atoms with van der Waals surface area (Å²) in [5, 5.41) is 0.341. The molecule has 138 valence electrons. The van der Waals surface area contributed by atoms with Crippen molar-refractivity contribution < 1.29 is 14.3 Å². The molecule has 0 bridgehead atoms. The lowest BCUT2D eigenvalue weighted by Gasteiger charge is -2.13. The van der Waals surface area contributed by atoms with Gasteiger partial charge in [-0.25, -0.2) is 0 Å². The summed E-state index contributed by atoms with van der Waals surface area (Å²) < 4.78 is 5.63. The maximum absolute atomic E-state index is 12.4. The third kappa shape index (κ3) is 5.02. The van der Waals surface area contributed by atoms with Crippen molar-refractivity contribution in [3.8, 4) is 5.75 Å². The Hall–Kier alpha value is -2.50. The zero-order valence-corrected chi connectivity index (χ0v) is 16.3. The van der Waals surface area contributed by atoms with Crippen LogP contribution in [0.1, 0.15) is 11.1 Å². The van der Waals surface area contributed by atoms with E-state index in [4.69, 9.17) is 16.3 Å². The van der Waals surface area contributed by atoms with E-state index in [0.29, 0.717) is 9.93 Å². The van der Waals surface area contributed by atoms with E-state index in [1.54, 1.807) is 24.3 Å². The number of thioether (sulfide) groups is 1. The molecule has 3 rings (SSSR count). The molecule has 2 amide bonds. The first kappa shape index (κ1) is 19.3. The fourth-order valence-corrected chi connectivity index (χ4v) is 3.53. The van der Waals surface area contributed by atoms with Gasteiger partial charge in [0.1, 0.15) is 12.4 Å². The molecule has 1 fully saturated rings. The molecule has 2 aromatic carbocycles. The number of ether oxygens (including phenoxy) is 1. The lowest BCUT2D eigenvalue weighted by atomic mass is 10.2. The maximum atomic E-state index is 12.4. The summed E-state index contributed by atoms with van der Waals surface area (Å²) >= 11 is 7.02. The van der Waals surface area contributed by atoms with Crippen molar-refractivity contribution in [2.75, 3.05) is 13.2 Å². The van der Waals surface area contributed by atoms with Gasteiger partial charge in [-0.05, 0) is 54.1 Å². The Bertz CT molecular complexity index is 923. The topological polar surface area (TPSA) is 46.6 Å². The van der Waals surface area contributed by atoms with E-state index in [1.165, 1.54) is 4.90 Å². The van der Waals surface area contributed by atoms with Gasteiger partial charge < -0.3 is 4.74 Å². The van der Waals surface area contributed by atoms with Crippen molar-refractivity contribution in [2.24, 2.45) is 0 Å². The van der Waals surface area contributed by atoms with Crippen molar-refractivity contribution in [1.82, 2.24) is 4.90 Å². The molecule has 27 heavy (non-hydrogen) atoms. The summed E-state index contributed by atoms with van der Waals surface area (Å²) in [6, 6.07) is 15.0. The third-order valence-corrected chi connectivity index (χ3v) is 5.15. The Balaban J connectivity index is 1.58. The van der Waals surface area contributed by atoms with E-state index in [0.717, 1.165) is 28.6 Å². The van der Waals surface area contributed by atoms with E-state index in [-0.39, 0.29) is 24.3 Å². The van der Waals surface area contributed by atoms with Crippen molar-refractivity contribution in [3.05, 3.63) is 81.7 Å². The number of hydrogen-bond acceptors (Lipinski definition) is 4. The van der Waals surface area contributed by atoms with E-state index in [1.807, 2.05) is 49.4 Å². The zero-order valence-electron chi connectivity index (χ0n) is 14.7. The molecule has 1 aliphatic heterocycles. The van der Waals surface area contributed by atoms with Gasteiger partial charge in [-0.2, -0.15) is 0 Å². The molecule has 1 saturated heterocycles. The van der Waals surface area contributed by atoms with E-state index in [9.17, 15) is 9.59 Å². The van der Waals surface area contributed by atoms with Crippen LogP contribution in [0.15, 0.2) is 65.6 Å². The van der Waals surface area contributed by atoms with E-state index < -0.39 is 0 Å². The number of halogens is 1. The zero-order chi connectivity index (χ0) is 19.2. The highest BCUT2D eigenvalue weighted by Gasteiger charge is 2.34. The summed E-state index contributed by atoms with van der Waals surface area (Å²) in [7, 11) is 0. The van der Waals surface area contributed by atoms with Crippen LogP contribution in [0.3, 0.4) is 0 Å². The first-order chi connectivity index (χ1) is 13.0. The standard InChI is InChI=1S/C21H18ClNO3S/c1-15-6-4-9-17(14-15)26-13-12-23-20(24)19(27-21(23)25)11-5-8-16-7-2-3-10-18(16)22/h2-11,14H,12-13H2,1H3/b8-5+,19-11-. The fourth-order valence-electron chi connectivity index (χ4n) is 2.52. The highest BCUT2D eigenvalue weighted by Crippen LogP contribution is 2.30. The van der Waals surface area contributed by atoms with Crippen LogP contribution in [-0.2, 0) is 4.79 Å². The molecule has 0 saturated carbocycles. The van der Waals surface area contributed by atoms with Gasteiger partial charge in [0.2, 0.25) is 0 Å². The van der Waals surface area contributed by atoms with Gasteiger partial charge in [0.25, 0.3) is 11.1 Å². The number of aryl methyl sites for hydroxylation is 1. The van der Waals surface area contributed by atoms with Gasteiger partial charge in [-0.1, -0.05) is 54.1 Å². The molecular formula is C21H18ClNO3S. The number of allylic oxidation sites excluding steroid dienone is 2. The first-order valence-corrected chi connectivity index (χ1v) is 9.60. The number of benzene rings is 2. The lowest BCUT2D eigenvalue weighted by molar-refractivity contribution is -0.123. The SMILES string of the molecule is Cc1cccc(OCCN2C(=O)S/C(=C\C=C\c3ccccc3Cl)C2=O)c1. The smallest absolute Gasteiger partial charge is 0.293 e. The minimum Gasteiger partial charge on any atom is -0.492 e. The fraction of sp³-hybridized carbons (Fsp3) is 0.143. The second-order valence-corrected chi connectivity index (χ2v) is 7.30. The number of rotatable bonds is 6. The van der Waals surface area contributed by atoms with Gasteiger partial charge in [0.05, 0.1) is 11.4 Å². The van der Waals surface area contributed by atoms with Crippen LogP contribution in [0.4, 0.5) is 4.79 Å². The second-order valence-electron chi connectivity index (χ2n) is 5.90. The highest BCUT2D eigenvalue weighted by molar-refractivity contribution is 8.18. The first-order valence-electron chi connectivity index (χ1n) is 8.40. The number of imide groups is 1. The van der Waals surface area contributed by atoms with Crippen molar-refractivity contribution >= 4 is 40.6 Å². The number of amides is 2. The molecule has 1 heterocycles. The number of carbonyl (C=O) groups excluding carboxylic acids is 2. The summed E-state index contributed by atoms with van der Waals surface area (Å²) in [6.07, 6.45) is 5.16. The summed E-state index contributed by atoms with van der Waals surface area (Å²) in [4.78, 5) is 26.1. The Kier molecular flexibility index (Phi) is 6.37. The largest absolute Gasteiger partial charge is 0.492 e. The summed E-state index contributed by atoms with van der Waals surface area (Å²) in [5.74, 6) is 0.418. The van der Waals surface area contributed by atoms with Crippen LogP contribution in [-0.4, -0.2) is 29.2 Å². The molecule has 0 aliphatic carbocycles. The summed E-state index contributed by atoms with van der Waals surface area (Å²) in [5.41, 5.74) is 1.94. The lowest BCUT2D eigenvalue weighted by Crippen LogP contribution is -2.32. The van der Waals surface area contributed by atoms with Gasteiger partial charge in [0.15, 0.2) is 0 Å². The van der Waals surface area contributed by atoms with Crippen molar-refractivity contribution in [1.29, 1.82) is 0 Å². The molecular weight excluding hydrogens is 382 g/mol. The number of hydrogen-bond donors (Lipinski definition) is 0. The summed E-state index contributed by atoms with van der Waals surface area (Å²) in [6.45, 7) is 2.44. The molecule has 0 spiro atoms. The molecule has 0 N–H and O–H groups in total. The van der Waals surface area contributed by atoms with Gasteiger partial charge in [-0.15, -0.1) is 0 Å². The molecule has 0 aromatic heterocycles. The van der Waals surface area contributed by atoms with E-state index >= 15 is 0 Å². The quantitative estimate of drug-likeness (QED) is 0.617. The molecule has 0 unspecified atom stereocenters. The molecule has 0 radical (unpaired) electrons. The molecule has 0 atom stereocenters. The maximum Gasteiger partial charge on any atom is 0.293 e. The average molecular weight is 400 g/mol. The highest BCUT2D eigenvalue weighted by atomic mass is 35.5. The van der Waals surface area contributed by atoms with Gasteiger partial charge in [0, 0.05) is 5.02 Å². The van der Waals surface area contributed by atoms with Gasteiger partial charge >= 0.3 is 0 Å². The predicted molar refractivity (Wildman–Crippen MR) is 110 cm³/mol. The monoisotopic (exact) mass is 399 g/mol. The Labute approximate surface area is 167 Å². The van der Waals surface area contributed by atoms with Crippen molar-refractivity contribution in [2.45, 2.75) is 6.92 Å². The van der Waals surface area contributed by atoms with Crippen LogP contribution in [0, 0.1) is 6.92 Å². The minimum atomic E-state index is -0.304. The average Bonchev–Trinajstić information content (AvgIpc) is 2.91. The molecule has 1 aliphatic rings. The number of nitrogens with zero attached hydrogens (tertiary/aromatic N) is 1. The number of carbonyl (C=O) groups is 2.